The highest BCUT2D eigenvalue weighted by molar-refractivity contribution is 6.30. The molecule has 1 amide bonds. The van der Waals surface area contributed by atoms with Crippen LogP contribution in [0.1, 0.15) is 22.7 Å². The minimum atomic E-state index is -0.230. The first kappa shape index (κ1) is 20.9. The predicted octanol–water partition coefficient (Wildman–Crippen LogP) is 4.09. The fraction of sp³-hybridized carbons (Fsp3) is 0.120. The fourth-order valence-corrected chi connectivity index (χ4v) is 4.00. The molecule has 1 N–H and O–H groups in total. The van der Waals surface area contributed by atoms with Gasteiger partial charge in [-0.2, -0.15) is 4.68 Å². The Balaban J connectivity index is 1.47. The van der Waals surface area contributed by atoms with Crippen LogP contribution >= 0.6 is 11.6 Å². The number of benzene rings is 3. The SMILES string of the molecule is O=C(CN1C(c2ccccc2)=CC(c2ccc(Cl)cc2)n2nnnc21)NCc1ccccc1. The van der Waals surface area contributed by atoms with Gasteiger partial charge in [-0.15, -0.1) is 0 Å². The molecular weight excluding hydrogens is 436 g/mol. The maximum atomic E-state index is 12.9. The van der Waals surface area contributed by atoms with Gasteiger partial charge in [0.1, 0.15) is 12.6 Å². The average Bonchev–Trinajstić information content (AvgIpc) is 3.35. The van der Waals surface area contributed by atoms with E-state index in [4.69, 9.17) is 11.6 Å². The van der Waals surface area contributed by atoms with Gasteiger partial charge in [-0.25, -0.2) is 0 Å². The van der Waals surface area contributed by atoms with E-state index in [0.717, 1.165) is 22.4 Å². The highest BCUT2D eigenvalue weighted by Crippen LogP contribution is 2.36. The number of allylic oxidation sites excluding steroid dienone is 1. The number of fused-ring (bicyclic) bond motifs is 1. The molecule has 5 rings (SSSR count). The lowest BCUT2D eigenvalue weighted by Gasteiger charge is -2.32. The van der Waals surface area contributed by atoms with Crippen molar-refractivity contribution in [3.05, 3.63) is 113 Å². The molecule has 2 heterocycles. The van der Waals surface area contributed by atoms with Gasteiger partial charge in [0.05, 0.1) is 5.70 Å². The molecule has 7 nitrogen and oxygen atoms in total. The van der Waals surface area contributed by atoms with Crippen molar-refractivity contribution in [3.8, 4) is 0 Å². The summed E-state index contributed by atoms with van der Waals surface area (Å²) in [5.74, 6) is 0.381. The normalized spacial score (nSPS) is 15.0. The number of aromatic nitrogens is 4. The Morgan fingerprint density at radius 2 is 1.64 bits per heavy atom. The van der Waals surface area contributed by atoms with E-state index in [1.165, 1.54) is 0 Å². The number of anilines is 1. The third-order valence-electron chi connectivity index (χ3n) is 5.50. The molecular formula is C25H21ClN6O. The van der Waals surface area contributed by atoms with Gasteiger partial charge in [0.15, 0.2) is 0 Å². The molecule has 0 bridgehead atoms. The van der Waals surface area contributed by atoms with Crippen LogP contribution in [0.4, 0.5) is 5.95 Å². The standard InChI is InChI=1S/C25H21ClN6O/c26-21-13-11-20(12-14-21)23-15-22(19-9-5-2-6-10-19)31(25-28-29-30-32(23)25)17-24(33)27-16-18-7-3-1-4-8-18/h1-15,23H,16-17H2,(H,27,33). The fourth-order valence-electron chi connectivity index (χ4n) is 3.87. The second-order valence-corrected chi connectivity index (χ2v) is 8.12. The van der Waals surface area contributed by atoms with Gasteiger partial charge in [0.2, 0.25) is 5.91 Å². The second-order valence-electron chi connectivity index (χ2n) is 7.69. The van der Waals surface area contributed by atoms with Crippen LogP contribution in [-0.2, 0) is 11.3 Å². The third-order valence-corrected chi connectivity index (χ3v) is 5.75. The Hall–Kier alpha value is -3.97. The number of carbonyl (C=O) groups is 1. The van der Waals surface area contributed by atoms with Gasteiger partial charge >= 0.3 is 0 Å². The second kappa shape index (κ2) is 9.26. The molecule has 8 heteroatoms. The van der Waals surface area contributed by atoms with Crippen LogP contribution in [0.25, 0.3) is 5.70 Å². The highest BCUT2D eigenvalue weighted by atomic mass is 35.5. The number of nitrogens with zero attached hydrogens (tertiary/aromatic N) is 5. The van der Waals surface area contributed by atoms with Crippen LogP contribution in [0.15, 0.2) is 91.0 Å². The molecule has 4 aromatic rings. The largest absolute Gasteiger partial charge is 0.350 e. The maximum absolute atomic E-state index is 12.9. The van der Waals surface area contributed by atoms with Gasteiger partial charge in [-0.1, -0.05) is 89.5 Å². The van der Waals surface area contributed by atoms with Crippen molar-refractivity contribution < 1.29 is 4.79 Å². The van der Waals surface area contributed by atoms with E-state index in [-0.39, 0.29) is 18.5 Å². The minimum Gasteiger partial charge on any atom is -0.350 e. The lowest BCUT2D eigenvalue weighted by atomic mass is 10.0. The maximum Gasteiger partial charge on any atom is 0.251 e. The van der Waals surface area contributed by atoms with Crippen LogP contribution in [0.3, 0.4) is 0 Å². The van der Waals surface area contributed by atoms with Crippen LogP contribution in [0.2, 0.25) is 5.02 Å². The Labute approximate surface area is 196 Å². The van der Waals surface area contributed by atoms with Crippen molar-refractivity contribution in [2.24, 2.45) is 0 Å². The molecule has 1 unspecified atom stereocenters. The number of rotatable bonds is 6. The predicted molar refractivity (Wildman–Crippen MR) is 127 cm³/mol. The van der Waals surface area contributed by atoms with Crippen LogP contribution < -0.4 is 10.2 Å². The lowest BCUT2D eigenvalue weighted by molar-refractivity contribution is -0.119. The zero-order valence-electron chi connectivity index (χ0n) is 17.7. The summed E-state index contributed by atoms with van der Waals surface area (Å²) in [6, 6.07) is 27.1. The van der Waals surface area contributed by atoms with Crippen LogP contribution in [-0.4, -0.2) is 32.7 Å². The molecule has 1 aliphatic heterocycles. The first-order valence-corrected chi connectivity index (χ1v) is 11.0. The van der Waals surface area contributed by atoms with E-state index in [1.807, 2.05) is 89.8 Å². The highest BCUT2D eigenvalue weighted by Gasteiger charge is 2.31. The molecule has 1 aliphatic rings. The topological polar surface area (TPSA) is 75.9 Å². The average molecular weight is 457 g/mol. The first-order valence-electron chi connectivity index (χ1n) is 10.6. The Morgan fingerprint density at radius 1 is 0.939 bits per heavy atom. The molecule has 0 saturated heterocycles. The monoisotopic (exact) mass is 456 g/mol. The molecule has 164 valence electrons. The third kappa shape index (κ3) is 4.49. The van der Waals surface area contributed by atoms with E-state index < -0.39 is 0 Å². The number of carbonyl (C=O) groups excluding carboxylic acids is 1. The summed E-state index contributed by atoms with van der Waals surface area (Å²) in [5, 5.41) is 16.0. The van der Waals surface area contributed by atoms with Crippen molar-refractivity contribution in [2.75, 3.05) is 11.4 Å². The van der Waals surface area contributed by atoms with Gasteiger partial charge in [-0.05, 0) is 45.3 Å². The molecule has 1 aromatic heterocycles. The molecule has 1 atom stereocenters. The van der Waals surface area contributed by atoms with Gasteiger partial charge in [0.25, 0.3) is 5.95 Å². The van der Waals surface area contributed by atoms with Crippen molar-refractivity contribution in [1.82, 2.24) is 25.5 Å². The molecule has 0 saturated carbocycles. The quantitative estimate of drug-likeness (QED) is 0.473. The van der Waals surface area contributed by atoms with E-state index in [2.05, 4.69) is 26.9 Å². The van der Waals surface area contributed by atoms with Crippen molar-refractivity contribution in [2.45, 2.75) is 12.6 Å². The number of nitrogens with one attached hydrogen (secondary N) is 1. The molecule has 3 aromatic carbocycles. The summed E-state index contributed by atoms with van der Waals surface area (Å²) >= 11 is 6.09. The Kier molecular flexibility index (Phi) is 5.87. The van der Waals surface area contributed by atoms with Gasteiger partial charge < -0.3 is 5.32 Å². The minimum absolute atomic E-state index is 0.0846. The molecule has 0 fully saturated rings. The Bertz CT molecular complexity index is 1270. The molecule has 33 heavy (non-hydrogen) atoms. The summed E-state index contributed by atoms with van der Waals surface area (Å²) in [6.07, 6.45) is 2.08. The molecule has 0 aliphatic carbocycles. The van der Waals surface area contributed by atoms with E-state index >= 15 is 0 Å². The lowest BCUT2D eigenvalue weighted by Crippen LogP contribution is -2.39. The van der Waals surface area contributed by atoms with Crippen molar-refractivity contribution in [1.29, 1.82) is 0 Å². The van der Waals surface area contributed by atoms with E-state index in [1.54, 1.807) is 4.68 Å². The van der Waals surface area contributed by atoms with E-state index in [0.29, 0.717) is 17.5 Å². The number of halogens is 1. The Morgan fingerprint density at radius 3 is 2.36 bits per heavy atom. The number of hydrogen-bond acceptors (Lipinski definition) is 5. The zero-order valence-corrected chi connectivity index (χ0v) is 18.4. The van der Waals surface area contributed by atoms with Crippen molar-refractivity contribution >= 4 is 29.2 Å². The molecule has 0 spiro atoms. The van der Waals surface area contributed by atoms with Crippen LogP contribution in [0.5, 0.6) is 0 Å². The number of hydrogen-bond donors (Lipinski definition) is 1. The summed E-state index contributed by atoms with van der Waals surface area (Å²) in [7, 11) is 0. The first-order chi connectivity index (χ1) is 16.2. The number of tetrazole rings is 1. The summed E-state index contributed by atoms with van der Waals surface area (Å²) in [5.41, 5.74) is 3.87. The van der Waals surface area contributed by atoms with Crippen LogP contribution in [0, 0.1) is 0 Å². The molecule has 0 radical (unpaired) electrons. The zero-order chi connectivity index (χ0) is 22.6. The summed E-state index contributed by atoms with van der Waals surface area (Å²) in [4.78, 5) is 14.8. The van der Waals surface area contributed by atoms with Gasteiger partial charge in [0, 0.05) is 11.6 Å². The summed E-state index contributed by atoms with van der Waals surface area (Å²) in [6.45, 7) is 0.539. The van der Waals surface area contributed by atoms with Gasteiger partial charge in [-0.3, -0.25) is 9.69 Å². The van der Waals surface area contributed by atoms with Crippen molar-refractivity contribution in [3.63, 3.8) is 0 Å². The van der Waals surface area contributed by atoms with E-state index in [9.17, 15) is 4.79 Å². The smallest absolute Gasteiger partial charge is 0.251 e. The summed E-state index contributed by atoms with van der Waals surface area (Å²) < 4.78 is 1.72. The number of amides is 1.